The minimum atomic E-state index is -0.763. The lowest BCUT2D eigenvalue weighted by molar-refractivity contribution is -0.124. The van der Waals surface area contributed by atoms with Gasteiger partial charge in [0.25, 0.3) is 0 Å². The Bertz CT molecular complexity index is 437. The number of benzene rings is 1. The number of aliphatic hydroxyl groups excluding tert-OH is 1. The van der Waals surface area contributed by atoms with Gasteiger partial charge in [-0.15, -0.1) is 0 Å². The maximum atomic E-state index is 11.5. The molecular formula is C15H24N2O3. The average Bonchev–Trinajstić information content (AvgIpc) is 2.41. The first-order chi connectivity index (χ1) is 9.53. The molecule has 0 fully saturated rings. The van der Waals surface area contributed by atoms with Gasteiger partial charge < -0.3 is 20.9 Å². The van der Waals surface area contributed by atoms with Crippen molar-refractivity contribution >= 4 is 5.91 Å². The maximum Gasteiger partial charge on any atom is 0.237 e. The zero-order valence-corrected chi connectivity index (χ0v) is 12.2. The van der Waals surface area contributed by atoms with Crippen LogP contribution in [0.4, 0.5) is 0 Å². The summed E-state index contributed by atoms with van der Waals surface area (Å²) < 4.78 is 5.72. The summed E-state index contributed by atoms with van der Waals surface area (Å²) in [5.74, 6) is 0.358. The van der Waals surface area contributed by atoms with Crippen molar-refractivity contribution in [1.29, 1.82) is 0 Å². The average molecular weight is 280 g/mol. The molecule has 0 bridgehead atoms. The normalized spacial score (nSPS) is 13.8. The van der Waals surface area contributed by atoms with Crippen LogP contribution in [0.1, 0.15) is 25.8 Å². The lowest BCUT2D eigenvalue weighted by Gasteiger charge is -2.27. The van der Waals surface area contributed by atoms with Crippen LogP contribution >= 0.6 is 0 Å². The van der Waals surface area contributed by atoms with Gasteiger partial charge in [0, 0.05) is 13.0 Å². The minimum Gasteiger partial charge on any atom is -0.493 e. The van der Waals surface area contributed by atoms with Crippen molar-refractivity contribution in [1.82, 2.24) is 5.32 Å². The van der Waals surface area contributed by atoms with Gasteiger partial charge in [-0.2, -0.15) is 0 Å². The molecule has 0 radical (unpaired) electrons. The number of carbonyl (C=O) groups excluding carboxylic acids is 1. The van der Waals surface area contributed by atoms with E-state index < -0.39 is 5.54 Å². The lowest BCUT2D eigenvalue weighted by Crippen LogP contribution is -2.53. The minimum absolute atomic E-state index is 0.0801. The van der Waals surface area contributed by atoms with E-state index in [1.807, 2.05) is 31.2 Å². The number of hydrogen-bond donors (Lipinski definition) is 3. The molecule has 5 nitrogen and oxygen atoms in total. The number of nitrogens with one attached hydrogen (secondary N) is 1. The number of likely N-dealkylation sites (N-methyl/N-ethyl adjacent to an activating group) is 1. The SMILES string of the molecule is CCNC(C)(CCOc1ccccc1CCO)C(N)=O. The lowest BCUT2D eigenvalue weighted by atomic mass is 9.97. The molecule has 0 saturated carbocycles. The molecule has 1 atom stereocenters. The van der Waals surface area contributed by atoms with Gasteiger partial charge in [-0.3, -0.25) is 4.79 Å². The van der Waals surface area contributed by atoms with Gasteiger partial charge in [0.1, 0.15) is 5.75 Å². The van der Waals surface area contributed by atoms with E-state index in [-0.39, 0.29) is 12.5 Å². The number of primary amides is 1. The molecule has 0 spiro atoms. The predicted octanol–water partition coefficient (Wildman–Crippen LogP) is 0.844. The van der Waals surface area contributed by atoms with Gasteiger partial charge in [-0.05, 0) is 31.5 Å². The van der Waals surface area contributed by atoms with E-state index in [0.29, 0.717) is 26.0 Å². The third-order valence-corrected chi connectivity index (χ3v) is 3.32. The van der Waals surface area contributed by atoms with Crippen LogP contribution in [0.15, 0.2) is 24.3 Å². The molecule has 4 N–H and O–H groups in total. The van der Waals surface area contributed by atoms with Crippen LogP contribution in [0.5, 0.6) is 5.75 Å². The molecule has 0 aromatic heterocycles. The fourth-order valence-electron chi connectivity index (χ4n) is 2.03. The first-order valence-corrected chi connectivity index (χ1v) is 6.90. The molecule has 20 heavy (non-hydrogen) atoms. The Balaban J connectivity index is 2.61. The van der Waals surface area contributed by atoms with Crippen LogP contribution in [-0.2, 0) is 11.2 Å². The summed E-state index contributed by atoms with van der Waals surface area (Å²) in [4.78, 5) is 11.5. The zero-order valence-electron chi connectivity index (χ0n) is 12.2. The van der Waals surface area contributed by atoms with E-state index in [4.69, 9.17) is 15.6 Å². The highest BCUT2D eigenvalue weighted by Gasteiger charge is 2.29. The smallest absolute Gasteiger partial charge is 0.237 e. The molecule has 0 aliphatic rings. The number of hydrogen-bond acceptors (Lipinski definition) is 4. The Morgan fingerprint density at radius 1 is 1.45 bits per heavy atom. The summed E-state index contributed by atoms with van der Waals surface area (Å²) in [6, 6.07) is 7.57. The van der Waals surface area contributed by atoms with Crippen LogP contribution < -0.4 is 15.8 Å². The van der Waals surface area contributed by atoms with E-state index in [9.17, 15) is 4.79 Å². The predicted molar refractivity (Wildman–Crippen MR) is 78.6 cm³/mol. The van der Waals surface area contributed by atoms with Crippen molar-refractivity contribution in [3.8, 4) is 5.75 Å². The number of para-hydroxylation sites is 1. The number of nitrogens with two attached hydrogens (primary N) is 1. The quantitative estimate of drug-likeness (QED) is 0.626. The number of ether oxygens (including phenoxy) is 1. The Labute approximate surface area is 120 Å². The summed E-state index contributed by atoms with van der Waals surface area (Å²) in [6.07, 6.45) is 1.04. The van der Waals surface area contributed by atoms with E-state index in [1.165, 1.54) is 0 Å². The number of amides is 1. The van der Waals surface area contributed by atoms with Crippen LogP contribution in [0, 0.1) is 0 Å². The van der Waals surface area contributed by atoms with Crippen LogP contribution in [0.2, 0.25) is 0 Å². The highest BCUT2D eigenvalue weighted by molar-refractivity contribution is 5.84. The molecule has 1 amide bonds. The summed E-state index contributed by atoms with van der Waals surface area (Å²) in [6.45, 7) is 4.84. The topological polar surface area (TPSA) is 84.6 Å². The molecule has 0 aliphatic carbocycles. The van der Waals surface area contributed by atoms with Crippen molar-refractivity contribution in [3.63, 3.8) is 0 Å². The molecule has 0 saturated heterocycles. The number of rotatable bonds is 9. The van der Waals surface area contributed by atoms with Crippen LogP contribution in [-0.4, -0.2) is 36.3 Å². The van der Waals surface area contributed by atoms with Crippen LogP contribution in [0.25, 0.3) is 0 Å². The molecule has 0 heterocycles. The largest absolute Gasteiger partial charge is 0.493 e. The van der Waals surface area contributed by atoms with Crippen molar-refractivity contribution in [3.05, 3.63) is 29.8 Å². The highest BCUT2D eigenvalue weighted by atomic mass is 16.5. The summed E-state index contributed by atoms with van der Waals surface area (Å²) in [5.41, 5.74) is 5.62. The fourth-order valence-corrected chi connectivity index (χ4v) is 2.03. The summed E-state index contributed by atoms with van der Waals surface area (Å²) in [7, 11) is 0. The van der Waals surface area contributed by atoms with Crippen molar-refractivity contribution in [2.75, 3.05) is 19.8 Å². The third-order valence-electron chi connectivity index (χ3n) is 3.32. The third kappa shape index (κ3) is 4.51. The van der Waals surface area contributed by atoms with E-state index in [1.54, 1.807) is 6.92 Å². The molecule has 1 rings (SSSR count). The number of aliphatic hydroxyl groups is 1. The first kappa shape index (κ1) is 16.5. The molecule has 1 aromatic rings. The van der Waals surface area contributed by atoms with Gasteiger partial charge in [0.2, 0.25) is 5.91 Å². The molecule has 1 aromatic carbocycles. The van der Waals surface area contributed by atoms with Crippen LogP contribution in [0.3, 0.4) is 0 Å². The molecule has 1 unspecified atom stereocenters. The van der Waals surface area contributed by atoms with Gasteiger partial charge >= 0.3 is 0 Å². The van der Waals surface area contributed by atoms with E-state index in [2.05, 4.69) is 5.32 Å². The maximum absolute atomic E-state index is 11.5. The zero-order chi connectivity index (χ0) is 15.0. The van der Waals surface area contributed by atoms with Gasteiger partial charge in [0.05, 0.1) is 12.1 Å². The van der Waals surface area contributed by atoms with Crippen molar-refractivity contribution in [2.45, 2.75) is 32.2 Å². The second kappa shape index (κ2) is 7.87. The Morgan fingerprint density at radius 3 is 2.75 bits per heavy atom. The molecule has 0 aliphatic heterocycles. The first-order valence-electron chi connectivity index (χ1n) is 6.90. The standard InChI is InChI=1S/C15H24N2O3/c1-3-17-15(2,14(16)19)9-11-20-13-7-5-4-6-12(13)8-10-18/h4-7,17-18H,3,8-11H2,1-2H3,(H2,16,19). The van der Waals surface area contributed by atoms with Gasteiger partial charge in [-0.1, -0.05) is 25.1 Å². The van der Waals surface area contributed by atoms with Crippen molar-refractivity contribution in [2.24, 2.45) is 5.73 Å². The monoisotopic (exact) mass is 280 g/mol. The Morgan fingerprint density at radius 2 is 2.15 bits per heavy atom. The molecular weight excluding hydrogens is 256 g/mol. The van der Waals surface area contributed by atoms with Gasteiger partial charge in [-0.25, -0.2) is 0 Å². The summed E-state index contributed by atoms with van der Waals surface area (Å²) in [5, 5.41) is 12.1. The second-order valence-electron chi connectivity index (χ2n) is 4.91. The Kier molecular flexibility index (Phi) is 6.48. The fraction of sp³-hybridized carbons (Fsp3) is 0.533. The van der Waals surface area contributed by atoms with E-state index in [0.717, 1.165) is 11.3 Å². The molecule has 112 valence electrons. The van der Waals surface area contributed by atoms with Crippen molar-refractivity contribution < 1.29 is 14.6 Å². The van der Waals surface area contributed by atoms with E-state index >= 15 is 0 Å². The molecule has 5 heteroatoms. The highest BCUT2D eigenvalue weighted by Crippen LogP contribution is 2.19. The second-order valence-corrected chi connectivity index (χ2v) is 4.91. The number of carbonyl (C=O) groups is 1. The van der Waals surface area contributed by atoms with Gasteiger partial charge in [0.15, 0.2) is 0 Å². The summed E-state index contributed by atoms with van der Waals surface area (Å²) >= 11 is 0. The Hall–Kier alpha value is -1.59.